The molecule has 3 aromatic rings. The second-order valence-corrected chi connectivity index (χ2v) is 7.50. The standard InChI is InChI=1S/C18H17FN4O2S2/c1-2-25-15-8-6-13(7-9-15)20-16(24)11-26-18-23-22-17(27-18)21-14-5-3-4-12(19)10-14/h3-10H,2,11H2,1H3,(H,20,24)(H,21,22). The summed E-state index contributed by atoms with van der Waals surface area (Å²) < 4.78 is 19.2. The van der Waals surface area contributed by atoms with Gasteiger partial charge in [0.15, 0.2) is 4.34 Å². The summed E-state index contributed by atoms with van der Waals surface area (Å²) in [6.07, 6.45) is 0. The normalized spacial score (nSPS) is 10.4. The number of nitrogens with zero attached hydrogens (tertiary/aromatic N) is 2. The number of anilines is 3. The Bertz CT molecular complexity index is 902. The van der Waals surface area contributed by atoms with Crippen molar-refractivity contribution < 1.29 is 13.9 Å². The summed E-state index contributed by atoms with van der Waals surface area (Å²) in [4.78, 5) is 12.1. The van der Waals surface area contributed by atoms with Crippen LogP contribution in [0.15, 0.2) is 52.9 Å². The molecular weight excluding hydrogens is 387 g/mol. The van der Waals surface area contributed by atoms with Gasteiger partial charge in [-0.05, 0) is 49.4 Å². The number of rotatable bonds is 8. The van der Waals surface area contributed by atoms with Crippen LogP contribution in [0.2, 0.25) is 0 Å². The lowest BCUT2D eigenvalue weighted by atomic mass is 10.3. The van der Waals surface area contributed by atoms with Crippen molar-refractivity contribution >= 4 is 45.5 Å². The molecule has 0 spiro atoms. The first-order valence-corrected chi connectivity index (χ1v) is 9.94. The fourth-order valence-electron chi connectivity index (χ4n) is 2.13. The number of amides is 1. The predicted octanol–water partition coefficient (Wildman–Crippen LogP) is 4.55. The third-order valence-corrected chi connectivity index (χ3v) is 5.23. The number of thioether (sulfide) groups is 1. The van der Waals surface area contributed by atoms with Gasteiger partial charge >= 0.3 is 0 Å². The molecule has 0 atom stereocenters. The fraction of sp³-hybridized carbons (Fsp3) is 0.167. The van der Waals surface area contributed by atoms with Crippen LogP contribution < -0.4 is 15.4 Å². The van der Waals surface area contributed by atoms with Crippen molar-refractivity contribution in [1.82, 2.24) is 10.2 Å². The van der Waals surface area contributed by atoms with Crippen molar-refractivity contribution in [2.45, 2.75) is 11.3 Å². The van der Waals surface area contributed by atoms with Crippen molar-refractivity contribution in [3.63, 3.8) is 0 Å². The SMILES string of the molecule is CCOc1ccc(NC(=O)CSc2nnc(Nc3cccc(F)c3)s2)cc1. The number of ether oxygens (including phenoxy) is 1. The van der Waals surface area contributed by atoms with Gasteiger partial charge in [0.1, 0.15) is 11.6 Å². The van der Waals surface area contributed by atoms with Gasteiger partial charge in [0.25, 0.3) is 0 Å². The molecule has 1 heterocycles. The Balaban J connectivity index is 1.48. The van der Waals surface area contributed by atoms with Crippen molar-refractivity contribution in [3.8, 4) is 5.75 Å². The number of halogens is 1. The number of hydrogen-bond donors (Lipinski definition) is 2. The third-order valence-electron chi connectivity index (χ3n) is 3.26. The molecule has 2 N–H and O–H groups in total. The average Bonchev–Trinajstić information content (AvgIpc) is 3.09. The van der Waals surface area contributed by atoms with E-state index in [2.05, 4.69) is 20.8 Å². The molecule has 3 rings (SSSR count). The van der Waals surface area contributed by atoms with E-state index in [0.29, 0.717) is 27.5 Å². The van der Waals surface area contributed by atoms with Crippen LogP contribution in [-0.2, 0) is 4.79 Å². The minimum atomic E-state index is -0.329. The van der Waals surface area contributed by atoms with Gasteiger partial charge in [-0.3, -0.25) is 4.79 Å². The van der Waals surface area contributed by atoms with E-state index in [-0.39, 0.29) is 17.5 Å². The molecule has 2 aromatic carbocycles. The lowest BCUT2D eigenvalue weighted by molar-refractivity contribution is -0.113. The molecule has 0 saturated carbocycles. The minimum Gasteiger partial charge on any atom is -0.494 e. The summed E-state index contributed by atoms with van der Waals surface area (Å²) in [6, 6.07) is 13.3. The van der Waals surface area contributed by atoms with E-state index in [1.54, 1.807) is 36.4 Å². The number of nitrogens with one attached hydrogen (secondary N) is 2. The highest BCUT2D eigenvalue weighted by Crippen LogP contribution is 2.28. The van der Waals surface area contributed by atoms with Gasteiger partial charge in [0.05, 0.1) is 12.4 Å². The van der Waals surface area contributed by atoms with Gasteiger partial charge in [0, 0.05) is 11.4 Å². The van der Waals surface area contributed by atoms with Crippen molar-refractivity contribution in [1.29, 1.82) is 0 Å². The lowest BCUT2D eigenvalue weighted by Crippen LogP contribution is -2.13. The summed E-state index contributed by atoms with van der Waals surface area (Å²) in [5.41, 5.74) is 1.30. The van der Waals surface area contributed by atoms with E-state index < -0.39 is 0 Å². The molecule has 0 radical (unpaired) electrons. The van der Waals surface area contributed by atoms with Crippen LogP contribution in [0.3, 0.4) is 0 Å². The second kappa shape index (κ2) is 9.33. The van der Waals surface area contributed by atoms with Crippen molar-refractivity contribution in [2.75, 3.05) is 23.0 Å². The van der Waals surface area contributed by atoms with Crippen LogP contribution in [0.25, 0.3) is 0 Å². The molecule has 0 saturated heterocycles. The first-order valence-electron chi connectivity index (χ1n) is 8.14. The molecule has 1 aromatic heterocycles. The molecule has 6 nitrogen and oxygen atoms in total. The van der Waals surface area contributed by atoms with E-state index in [4.69, 9.17) is 4.74 Å². The largest absolute Gasteiger partial charge is 0.494 e. The molecule has 0 unspecified atom stereocenters. The smallest absolute Gasteiger partial charge is 0.234 e. The first kappa shape index (κ1) is 19.1. The Labute approximate surface area is 164 Å². The number of benzene rings is 2. The third kappa shape index (κ3) is 5.93. The van der Waals surface area contributed by atoms with Gasteiger partial charge in [-0.1, -0.05) is 29.2 Å². The van der Waals surface area contributed by atoms with E-state index in [1.807, 2.05) is 6.92 Å². The number of aromatic nitrogens is 2. The summed E-state index contributed by atoms with van der Waals surface area (Å²) >= 11 is 2.59. The summed E-state index contributed by atoms with van der Waals surface area (Å²) in [5, 5.41) is 14.4. The maximum Gasteiger partial charge on any atom is 0.234 e. The maximum absolute atomic E-state index is 13.2. The van der Waals surface area contributed by atoms with E-state index in [1.165, 1.54) is 35.2 Å². The fourth-order valence-corrected chi connectivity index (χ4v) is 3.71. The number of carbonyl (C=O) groups is 1. The summed E-state index contributed by atoms with van der Waals surface area (Å²) in [6.45, 7) is 2.51. The minimum absolute atomic E-state index is 0.140. The second-order valence-electron chi connectivity index (χ2n) is 5.30. The van der Waals surface area contributed by atoms with Crippen LogP contribution in [0, 0.1) is 5.82 Å². The van der Waals surface area contributed by atoms with E-state index in [9.17, 15) is 9.18 Å². The van der Waals surface area contributed by atoms with E-state index in [0.717, 1.165) is 5.75 Å². The Hall–Kier alpha value is -2.65. The number of carbonyl (C=O) groups excluding carboxylic acids is 1. The van der Waals surface area contributed by atoms with Gasteiger partial charge in [-0.2, -0.15) is 0 Å². The van der Waals surface area contributed by atoms with Gasteiger partial charge < -0.3 is 15.4 Å². The molecule has 0 bridgehead atoms. The van der Waals surface area contributed by atoms with Crippen molar-refractivity contribution in [2.24, 2.45) is 0 Å². The lowest BCUT2D eigenvalue weighted by Gasteiger charge is -2.06. The van der Waals surface area contributed by atoms with Gasteiger partial charge in [-0.25, -0.2) is 4.39 Å². The predicted molar refractivity (Wildman–Crippen MR) is 107 cm³/mol. The topological polar surface area (TPSA) is 76.1 Å². The van der Waals surface area contributed by atoms with Crippen LogP contribution in [-0.4, -0.2) is 28.5 Å². The monoisotopic (exact) mass is 404 g/mol. The Kier molecular flexibility index (Phi) is 6.61. The molecule has 0 aliphatic rings. The highest BCUT2D eigenvalue weighted by molar-refractivity contribution is 8.01. The highest BCUT2D eigenvalue weighted by Gasteiger charge is 2.09. The zero-order chi connectivity index (χ0) is 19.1. The maximum atomic E-state index is 13.2. The van der Waals surface area contributed by atoms with Crippen LogP contribution in [0.1, 0.15) is 6.92 Å². The highest BCUT2D eigenvalue weighted by atomic mass is 32.2. The van der Waals surface area contributed by atoms with E-state index >= 15 is 0 Å². The molecular formula is C18H17FN4O2S2. The Morgan fingerprint density at radius 3 is 2.74 bits per heavy atom. The molecule has 140 valence electrons. The first-order chi connectivity index (χ1) is 13.1. The van der Waals surface area contributed by atoms with Gasteiger partial charge in [0.2, 0.25) is 11.0 Å². The molecule has 0 fully saturated rings. The molecule has 27 heavy (non-hydrogen) atoms. The molecule has 1 amide bonds. The zero-order valence-electron chi connectivity index (χ0n) is 14.4. The van der Waals surface area contributed by atoms with Crippen LogP contribution in [0.5, 0.6) is 5.75 Å². The quantitative estimate of drug-likeness (QED) is 0.537. The Morgan fingerprint density at radius 1 is 1.19 bits per heavy atom. The summed E-state index contributed by atoms with van der Waals surface area (Å²) in [5.74, 6) is 0.503. The zero-order valence-corrected chi connectivity index (χ0v) is 16.1. The average molecular weight is 404 g/mol. The Morgan fingerprint density at radius 2 is 2.00 bits per heavy atom. The molecule has 9 heteroatoms. The number of hydrogen-bond acceptors (Lipinski definition) is 7. The summed E-state index contributed by atoms with van der Waals surface area (Å²) in [7, 11) is 0. The van der Waals surface area contributed by atoms with Gasteiger partial charge in [-0.15, -0.1) is 10.2 Å². The van der Waals surface area contributed by atoms with Crippen molar-refractivity contribution in [3.05, 3.63) is 54.3 Å². The molecule has 0 aliphatic heterocycles. The molecule has 0 aliphatic carbocycles. The van der Waals surface area contributed by atoms with Crippen LogP contribution in [0.4, 0.5) is 20.9 Å². The van der Waals surface area contributed by atoms with Crippen LogP contribution >= 0.6 is 23.1 Å².